The molecule has 20 heavy (non-hydrogen) atoms. The van der Waals surface area contributed by atoms with E-state index in [9.17, 15) is 0 Å². The van der Waals surface area contributed by atoms with E-state index in [0.717, 1.165) is 22.4 Å². The molecule has 0 aliphatic carbocycles. The molecule has 0 radical (unpaired) electrons. The highest BCUT2D eigenvalue weighted by Crippen LogP contribution is 2.41. The minimum atomic E-state index is 0.284. The lowest BCUT2D eigenvalue weighted by Crippen LogP contribution is -2.29. The predicted octanol–water partition coefficient (Wildman–Crippen LogP) is 3.95. The number of rotatable bonds is 1. The Morgan fingerprint density at radius 1 is 1.15 bits per heavy atom. The third-order valence-electron chi connectivity index (χ3n) is 3.79. The van der Waals surface area contributed by atoms with Crippen molar-refractivity contribution in [1.29, 1.82) is 0 Å². The van der Waals surface area contributed by atoms with Crippen LogP contribution >= 0.6 is 15.9 Å². The minimum absolute atomic E-state index is 0.284. The molecule has 2 aliphatic heterocycles. The standard InChI is InChI=1S/C16H13BrN2O/c17-12-6-7-16-13(8-12)15-9-14(18-19(15)10-20-16)11-4-2-1-3-5-11/h1-8,15H,9-10H2. The van der Waals surface area contributed by atoms with Gasteiger partial charge in [-0.3, -0.25) is 5.01 Å². The van der Waals surface area contributed by atoms with Crippen molar-refractivity contribution in [3.05, 3.63) is 64.1 Å². The number of hydrazone groups is 1. The molecule has 0 spiro atoms. The van der Waals surface area contributed by atoms with Crippen LogP contribution < -0.4 is 4.74 Å². The highest BCUT2D eigenvalue weighted by molar-refractivity contribution is 9.10. The van der Waals surface area contributed by atoms with Gasteiger partial charge in [0.2, 0.25) is 0 Å². The second-order valence-corrected chi connectivity index (χ2v) is 5.94. The largest absolute Gasteiger partial charge is 0.471 e. The van der Waals surface area contributed by atoms with Crippen molar-refractivity contribution in [2.45, 2.75) is 12.5 Å². The molecule has 0 saturated carbocycles. The molecule has 3 nitrogen and oxygen atoms in total. The summed E-state index contributed by atoms with van der Waals surface area (Å²) in [4.78, 5) is 0. The first kappa shape index (κ1) is 12.0. The quantitative estimate of drug-likeness (QED) is 0.791. The van der Waals surface area contributed by atoms with Crippen LogP contribution in [0.1, 0.15) is 23.6 Å². The highest BCUT2D eigenvalue weighted by atomic mass is 79.9. The van der Waals surface area contributed by atoms with Crippen LogP contribution in [-0.2, 0) is 0 Å². The summed E-state index contributed by atoms with van der Waals surface area (Å²) in [7, 11) is 0. The lowest BCUT2D eigenvalue weighted by molar-refractivity contribution is 0.0749. The number of ether oxygens (including phenoxy) is 1. The number of nitrogens with zero attached hydrogens (tertiary/aromatic N) is 2. The molecule has 1 unspecified atom stereocenters. The smallest absolute Gasteiger partial charge is 0.177 e. The normalized spacial score (nSPS) is 19.9. The van der Waals surface area contributed by atoms with Crippen molar-refractivity contribution in [2.75, 3.05) is 6.73 Å². The summed E-state index contributed by atoms with van der Waals surface area (Å²) in [6.07, 6.45) is 0.927. The topological polar surface area (TPSA) is 24.8 Å². The zero-order valence-corrected chi connectivity index (χ0v) is 12.4. The molecule has 0 bridgehead atoms. The molecule has 4 heteroatoms. The molecule has 0 amide bonds. The van der Waals surface area contributed by atoms with E-state index in [1.807, 2.05) is 23.2 Å². The van der Waals surface area contributed by atoms with Crippen molar-refractivity contribution >= 4 is 21.6 Å². The fourth-order valence-electron chi connectivity index (χ4n) is 2.80. The maximum absolute atomic E-state index is 5.77. The number of hydrogen-bond acceptors (Lipinski definition) is 3. The van der Waals surface area contributed by atoms with Gasteiger partial charge in [0.25, 0.3) is 0 Å². The predicted molar refractivity (Wildman–Crippen MR) is 81.8 cm³/mol. The van der Waals surface area contributed by atoms with Crippen molar-refractivity contribution in [1.82, 2.24) is 5.01 Å². The zero-order valence-electron chi connectivity index (χ0n) is 10.8. The molecule has 2 aliphatic rings. The zero-order chi connectivity index (χ0) is 13.5. The second-order valence-electron chi connectivity index (χ2n) is 5.03. The van der Waals surface area contributed by atoms with Crippen molar-refractivity contribution < 1.29 is 4.74 Å². The van der Waals surface area contributed by atoms with Gasteiger partial charge in [-0.25, -0.2) is 0 Å². The summed E-state index contributed by atoms with van der Waals surface area (Å²) in [5.41, 5.74) is 3.53. The van der Waals surface area contributed by atoms with E-state index in [0.29, 0.717) is 6.73 Å². The Morgan fingerprint density at radius 3 is 2.85 bits per heavy atom. The van der Waals surface area contributed by atoms with Gasteiger partial charge < -0.3 is 4.74 Å². The van der Waals surface area contributed by atoms with E-state index in [2.05, 4.69) is 46.3 Å². The van der Waals surface area contributed by atoms with E-state index in [4.69, 9.17) is 9.84 Å². The molecule has 2 heterocycles. The fraction of sp³-hybridized carbons (Fsp3) is 0.188. The Labute approximate surface area is 126 Å². The summed E-state index contributed by atoms with van der Waals surface area (Å²) in [6, 6.07) is 16.8. The molecule has 0 saturated heterocycles. The Bertz CT molecular complexity index is 684. The maximum atomic E-state index is 5.77. The summed E-state index contributed by atoms with van der Waals surface area (Å²) < 4.78 is 6.85. The number of fused-ring (bicyclic) bond motifs is 3. The lowest BCUT2D eigenvalue weighted by atomic mass is 9.97. The molecular weight excluding hydrogens is 316 g/mol. The van der Waals surface area contributed by atoms with Crippen LogP contribution in [0.15, 0.2) is 58.1 Å². The van der Waals surface area contributed by atoms with Crippen molar-refractivity contribution in [2.24, 2.45) is 5.10 Å². The molecule has 4 rings (SSSR count). The highest BCUT2D eigenvalue weighted by Gasteiger charge is 2.34. The van der Waals surface area contributed by atoms with Crippen molar-refractivity contribution in [3.63, 3.8) is 0 Å². The molecule has 0 N–H and O–H groups in total. The molecular formula is C16H13BrN2O. The molecule has 1 atom stereocenters. The molecule has 2 aromatic rings. The first-order valence-electron chi connectivity index (χ1n) is 6.63. The Hall–Kier alpha value is -1.81. The Morgan fingerprint density at radius 2 is 2.00 bits per heavy atom. The first-order valence-corrected chi connectivity index (χ1v) is 7.42. The Kier molecular flexibility index (Phi) is 2.77. The number of halogens is 1. The van der Waals surface area contributed by atoms with Crippen LogP contribution in [0.3, 0.4) is 0 Å². The average molecular weight is 329 g/mol. The van der Waals surface area contributed by atoms with Crippen molar-refractivity contribution in [3.8, 4) is 5.75 Å². The van der Waals surface area contributed by atoms with Gasteiger partial charge in [-0.2, -0.15) is 5.10 Å². The Balaban J connectivity index is 1.70. The van der Waals surface area contributed by atoms with Crippen LogP contribution in [0.25, 0.3) is 0 Å². The third kappa shape index (κ3) is 1.91. The monoisotopic (exact) mass is 328 g/mol. The number of benzene rings is 2. The maximum Gasteiger partial charge on any atom is 0.177 e. The van der Waals surface area contributed by atoms with Gasteiger partial charge in [0.15, 0.2) is 6.73 Å². The van der Waals surface area contributed by atoms with E-state index in [-0.39, 0.29) is 6.04 Å². The van der Waals surface area contributed by atoms with Gasteiger partial charge in [-0.05, 0) is 23.8 Å². The summed E-state index contributed by atoms with van der Waals surface area (Å²) in [5.74, 6) is 0.971. The van der Waals surface area contributed by atoms with Crippen LogP contribution in [0.4, 0.5) is 0 Å². The molecule has 0 fully saturated rings. The average Bonchev–Trinajstić information content (AvgIpc) is 2.93. The van der Waals surface area contributed by atoms with E-state index in [1.54, 1.807) is 0 Å². The van der Waals surface area contributed by atoms with Gasteiger partial charge in [0.1, 0.15) is 5.75 Å². The second kappa shape index (κ2) is 4.63. The number of hydrogen-bond donors (Lipinski definition) is 0. The minimum Gasteiger partial charge on any atom is -0.471 e. The van der Waals surface area contributed by atoms with Crippen LogP contribution in [0.5, 0.6) is 5.75 Å². The lowest BCUT2D eigenvalue weighted by Gasteiger charge is -2.30. The van der Waals surface area contributed by atoms with E-state index < -0.39 is 0 Å². The van der Waals surface area contributed by atoms with Gasteiger partial charge in [-0.1, -0.05) is 46.3 Å². The molecule has 100 valence electrons. The van der Waals surface area contributed by atoms with Gasteiger partial charge in [0.05, 0.1) is 11.8 Å². The van der Waals surface area contributed by atoms with Crippen LogP contribution in [0, 0.1) is 0 Å². The summed E-state index contributed by atoms with van der Waals surface area (Å²) >= 11 is 3.54. The summed E-state index contributed by atoms with van der Waals surface area (Å²) in [6.45, 7) is 0.523. The SMILES string of the molecule is Brc1ccc2c(c1)C1CC(c3ccccc3)=NN1CO2. The summed E-state index contributed by atoms with van der Waals surface area (Å²) in [5, 5.41) is 6.76. The van der Waals surface area contributed by atoms with Crippen LogP contribution in [0.2, 0.25) is 0 Å². The first-order chi connectivity index (χ1) is 9.81. The van der Waals surface area contributed by atoms with E-state index in [1.165, 1.54) is 11.1 Å². The molecule has 2 aromatic carbocycles. The van der Waals surface area contributed by atoms with Gasteiger partial charge >= 0.3 is 0 Å². The van der Waals surface area contributed by atoms with Gasteiger partial charge in [-0.15, -0.1) is 0 Å². The van der Waals surface area contributed by atoms with Crippen LogP contribution in [-0.4, -0.2) is 17.5 Å². The fourth-order valence-corrected chi connectivity index (χ4v) is 3.18. The molecule has 0 aromatic heterocycles. The van der Waals surface area contributed by atoms with E-state index >= 15 is 0 Å². The third-order valence-corrected chi connectivity index (χ3v) is 4.28. The van der Waals surface area contributed by atoms with Gasteiger partial charge in [0, 0.05) is 16.5 Å².